The smallest absolute Gasteiger partial charge is 0.0795 e. The third-order valence-corrected chi connectivity index (χ3v) is 2.46. The van der Waals surface area contributed by atoms with E-state index in [-0.39, 0.29) is 0 Å². The maximum absolute atomic E-state index is 4.30. The van der Waals surface area contributed by atoms with Gasteiger partial charge in [-0.1, -0.05) is 13.8 Å². The van der Waals surface area contributed by atoms with Crippen LogP contribution < -0.4 is 5.32 Å². The number of rotatable bonds is 5. The lowest BCUT2D eigenvalue weighted by Crippen LogP contribution is -2.21. The van der Waals surface area contributed by atoms with Gasteiger partial charge in [0, 0.05) is 5.38 Å². The predicted molar refractivity (Wildman–Crippen MR) is 53.4 cm³/mol. The first kappa shape index (κ1) is 9.68. The van der Waals surface area contributed by atoms with Gasteiger partial charge in [0.05, 0.1) is 17.2 Å². The second-order valence-corrected chi connectivity index (χ2v) is 3.55. The molecule has 0 amide bonds. The third-order valence-electron chi connectivity index (χ3n) is 1.86. The Morgan fingerprint density at radius 2 is 2.42 bits per heavy atom. The standard InChI is InChI=1S/C9H16N2S/c1-3-5-10-8(4-2)9-6-12-7-11-9/h6-8,10H,3-5H2,1-2H3. The van der Waals surface area contributed by atoms with E-state index in [4.69, 9.17) is 0 Å². The summed E-state index contributed by atoms with van der Waals surface area (Å²) in [6, 6.07) is 0.455. The summed E-state index contributed by atoms with van der Waals surface area (Å²) in [5.74, 6) is 0. The van der Waals surface area contributed by atoms with E-state index in [2.05, 4.69) is 29.5 Å². The van der Waals surface area contributed by atoms with Crippen LogP contribution in [-0.4, -0.2) is 11.5 Å². The first-order chi connectivity index (χ1) is 5.88. The molecule has 0 spiro atoms. The fourth-order valence-corrected chi connectivity index (χ4v) is 1.78. The average Bonchev–Trinajstić information content (AvgIpc) is 2.59. The van der Waals surface area contributed by atoms with Gasteiger partial charge in [-0.05, 0) is 19.4 Å². The van der Waals surface area contributed by atoms with Gasteiger partial charge in [-0.15, -0.1) is 11.3 Å². The largest absolute Gasteiger partial charge is 0.309 e. The zero-order chi connectivity index (χ0) is 8.81. The van der Waals surface area contributed by atoms with Crippen molar-refractivity contribution in [3.8, 4) is 0 Å². The Bertz CT molecular complexity index is 196. The van der Waals surface area contributed by atoms with Crippen LogP contribution in [-0.2, 0) is 0 Å². The van der Waals surface area contributed by atoms with Gasteiger partial charge in [0.15, 0.2) is 0 Å². The molecule has 1 rings (SSSR count). The molecular formula is C9H16N2S. The number of nitrogens with zero attached hydrogens (tertiary/aromatic N) is 1. The van der Waals surface area contributed by atoms with Gasteiger partial charge in [0.25, 0.3) is 0 Å². The van der Waals surface area contributed by atoms with Crippen LogP contribution in [0.2, 0.25) is 0 Å². The normalized spacial score (nSPS) is 13.2. The van der Waals surface area contributed by atoms with Gasteiger partial charge >= 0.3 is 0 Å². The minimum Gasteiger partial charge on any atom is -0.309 e. The van der Waals surface area contributed by atoms with Crippen LogP contribution in [0.3, 0.4) is 0 Å². The first-order valence-electron chi connectivity index (χ1n) is 4.50. The molecule has 0 bridgehead atoms. The summed E-state index contributed by atoms with van der Waals surface area (Å²) in [4.78, 5) is 4.30. The van der Waals surface area contributed by atoms with Crippen molar-refractivity contribution in [2.75, 3.05) is 6.54 Å². The molecule has 1 aromatic heterocycles. The highest BCUT2D eigenvalue weighted by atomic mass is 32.1. The van der Waals surface area contributed by atoms with Crippen molar-refractivity contribution in [3.05, 3.63) is 16.6 Å². The molecule has 1 N–H and O–H groups in total. The summed E-state index contributed by atoms with van der Waals surface area (Å²) in [6.45, 7) is 5.45. The summed E-state index contributed by atoms with van der Waals surface area (Å²) >= 11 is 1.67. The number of aromatic nitrogens is 1. The van der Waals surface area contributed by atoms with Gasteiger partial charge in [0.1, 0.15) is 0 Å². The van der Waals surface area contributed by atoms with Crippen molar-refractivity contribution in [3.63, 3.8) is 0 Å². The molecule has 0 aliphatic carbocycles. The van der Waals surface area contributed by atoms with Crippen LogP contribution >= 0.6 is 11.3 Å². The van der Waals surface area contributed by atoms with Crippen LogP contribution in [0.5, 0.6) is 0 Å². The molecule has 68 valence electrons. The van der Waals surface area contributed by atoms with Gasteiger partial charge in [-0.3, -0.25) is 0 Å². The average molecular weight is 184 g/mol. The molecule has 1 aromatic rings. The maximum atomic E-state index is 4.30. The van der Waals surface area contributed by atoms with E-state index in [1.807, 2.05) is 5.51 Å². The number of thiazole rings is 1. The Morgan fingerprint density at radius 1 is 1.58 bits per heavy atom. The number of hydrogen-bond acceptors (Lipinski definition) is 3. The molecule has 0 radical (unpaired) electrons. The molecule has 3 heteroatoms. The third kappa shape index (κ3) is 2.57. The molecule has 0 aliphatic rings. The molecule has 0 saturated carbocycles. The Labute approximate surface area is 78.0 Å². The Hall–Kier alpha value is -0.410. The second kappa shape index (κ2) is 5.27. The predicted octanol–water partition coefficient (Wildman–Crippen LogP) is 2.59. The molecule has 0 fully saturated rings. The Balaban J connectivity index is 2.45. The SMILES string of the molecule is CCCNC(CC)c1cscn1. The summed E-state index contributed by atoms with van der Waals surface area (Å²) in [5, 5.41) is 5.59. The van der Waals surface area contributed by atoms with Gasteiger partial charge in [0.2, 0.25) is 0 Å². The quantitative estimate of drug-likeness (QED) is 0.761. The molecule has 1 heterocycles. The lowest BCUT2D eigenvalue weighted by atomic mass is 10.2. The van der Waals surface area contributed by atoms with Crippen molar-refractivity contribution in [2.24, 2.45) is 0 Å². The fourth-order valence-electron chi connectivity index (χ4n) is 1.17. The van der Waals surface area contributed by atoms with Crippen LogP contribution in [0, 0.1) is 0 Å². The minimum atomic E-state index is 0.455. The Morgan fingerprint density at radius 3 is 2.92 bits per heavy atom. The van der Waals surface area contributed by atoms with Gasteiger partial charge < -0.3 is 5.32 Å². The number of nitrogens with one attached hydrogen (secondary N) is 1. The molecule has 0 aliphatic heterocycles. The number of hydrogen-bond donors (Lipinski definition) is 1. The van der Waals surface area contributed by atoms with E-state index in [0.717, 1.165) is 13.0 Å². The lowest BCUT2D eigenvalue weighted by Gasteiger charge is -2.13. The van der Waals surface area contributed by atoms with Crippen molar-refractivity contribution < 1.29 is 0 Å². The lowest BCUT2D eigenvalue weighted by molar-refractivity contribution is 0.509. The summed E-state index contributed by atoms with van der Waals surface area (Å²) in [7, 11) is 0. The van der Waals surface area contributed by atoms with Crippen LogP contribution in [0.1, 0.15) is 38.4 Å². The van der Waals surface area contributed by atoms with Crippen LogP contribution in [0.4, 0.5) is 0 Å². The highest BCUT2D eigenvalue weighted by Crippen LogP contribution is 2.15. The molecule has 1 unspecified atom stereocenters. The molecule has 12 heavy (non-hydrogen) atoms. The van der Waals surface area contributed by atoms with Crippen molar-refractivity contribution in [1.29, 1.82) is 0 Å². The molecular weight excluding hydrogens is 168 g/mol. The molecule has 2 nitrogen and oxygen atoms in total. The zero-order valence-corrected chi connectivity index (χ0v) is 8.53. The van der Waals surface area contributed by atoms with E-state index >= 15 is 0 Å². The summed E-state index contributed by atoms with van der Waals surface area (Å²) < 4.78 is 0. The first-order valence-corrected chi connectivity index (χ1v) is 5.44. The molecule has 0 saturated heterocycles. The van der Waals surface area contributed by atoms with Gasteiger partial charge in [-0.25, -0.2) is 4.98 Å². The summed E-state index contributed by atoms with van der Waals surface area (Å²) in [5.41, 5.74) is 3.09. The zero-order valence-electron chi connectivity index (χ0n) is 7.71. The van der Waals surface area contributed by atoms with Crippen molar-refractivity contribution in [1.82, 2.24) is 10.3 Å². The van der Waals surface area contributed by atoms with Crippen LogP contribution in [0.15, 0.2) is 10.9 Å². The van der Waals surface area contributed by atoms with Crippen LogP contribution in [0.25, 0.3) is 0 Å². The maximum Gasteiger partial charge on any atom is 0.0795 e. The van der Waals surface area contributed by atoms with Gasteiger partial charge in [-0.2, -0.15) is 0 Å². The van der Waals surface area contributed by atoms with Crippen molar-refractivity contribution in [2.45, 2.75) is 32.7 Å². The fraction of sp³-hybridized carbons (Fsp3) is 0.667. The Kier molecular flexibility index (Phi) is 4.25. The van der Waals surface area contributed by atoms with E-state index in [1.165, 1.54) is 12.1 Å². The highest BCUT2D eigenvalue weighted by Gasteiger charge is 2.08. The second-order valence-electron chi connectivity index (χ2n) is 2.83. The minimum absolute atomic E-state index is 0.455. The highest BCUT2D eigenvalue weighted by molar-refractivity contribution is 7.07. The monoisotopic (exact) mass is 184 g/mol. The topological polar surface area (TPSA) is 24.9 Å². The van der Waals surface area contributed by atoms with E-state index in [0.29, 0.717) is 6.04 Å². The molecule has 0 aromatic carbocycles. The van der Waals surface area contributed by atoms with Crippen molar-refractivity contribution >= 4 is 11.3 Å². The van der Waals surface area contributed by atoms with E-state index in [9.17, 15) is 0 Å². The molecule has 1 atom stereocenters. The van der Waals surface area contributed by atoms with E-state index in [1.54, 1.807) is 11.3 Å². The van der Waals surface area contributed by atoms with E-state index < -0.39 is 0 Å². The summed E-state index contributed by atoms with van der Waals surface area (Å²) in [6.07, 6.45) is 2.30.